The molecule has 0 spiro atoms. The Bertz CT molecular complexity index is 900. The van der Waals surface area contributed by atoms with Crippen molar-refractivity contribution in [3.05, 3.63) is 22.3 Å². The molecule has 0 saturated heterocycles. The molecule has 1 aromatic carbocycles. The molecule has 1 aliphatic heterocycles. The lowest BCUT2D eigenvalue weighted by atomic mass is 9.83. The van der Waals surface area contributed by atoms with Crippen LogP contribution in [0.4, 0.5) is 0 Å². The fourth-order valence-electron chi connectivity index (χ4n) is 5.54. The summed E-state index contributed by atoms with van der Waals surface area (Å²) in [6.07, 6.45) is 11.9. The number of carbonyl (C=O) groups is 1. The fraction of sp³-hybridized carbons (Fsp3) is 0.774. The molecule has 1 heterocycles. The van der Waals surface area contributed by atoms with E-state index in [2.05, 4.69) is 41.5 Å². The zero-order valence-electron chi connectivity index (χ0n) is 24.3. The van der Waals surface area contributed by atoms with Gasteiger partial charge in [0.15, 0.2) is 0 Å². The summed E-state index contributed by atoms with van der Waals surface area (Å²) in [5, 5.41) is 0. The van der Waals surface area contributed by atoms with Crippen LogP contribution in [0.2, 0.25) is 0 Å². The van der Waals surface area contributed by atoms with E-state index >= 15 is 0 Å². The molecule has 3 nitrogen and oxygen atoms in total. The molecule has 0 saturated carbocycles. The lowest BCUT2D eigenvalue weighted by Gasteiger charge is -2.38. The van der Waals surface area contributed by atoms with Gasteiger partial charge in [-0.05, 0) is 116 Å². The Morgan fingerprint density at radius 1 is 1.00 bits per heavy atom. The van der Waals surface area contributed by atoms with Crippen LogP contribution >= 0.6 is 23.2 Å². The van der Waals surface area contributed by atoms with Crippen molar-refractivity contribution in [2.45, 2.75) is 148 Å². The second-order valence-corrected chi connectivity index (χ2v) is 14.5. The molecule has 0 bridgehead atoms. The first-order chi connectivity index (χ1) is 16.5. The quantitative estimate of drug-likeness (QED) is 0.142. The van der Waals surface area contributed by atoms with E-state index in [1.165, 1.54) is 38.2 Å². The first-order valence-corrected chi connectivity index (χ1v) is 14.7. The molecule has 0 aliphatic carbocycles. The van der Waals surface area contributed by atoms with Gasteiger partial charge in [0.2, 0.25) is 0 Å². The van der Waals surface area contributed by atoms with Crippen molar-refractivity contribution in [2.75, 3.05) is 0 Å². The summed E-state index contributed by atoms with van der Waals surface area (Å²) in [6, 6.07) is 0. The lowest BCUT2D eigenvalue weighted by Crippen LogP contribution is -2.37. The van der Waals surface area contributed by atoms with Crippen molar-refractivity contribution in [3.63, 3.8) is 0 Å². The molecule has 5 heteroatoms. The van der Waals surface area contributed by atoms with E-state index in [9.17, 15) is 4.79 Å². The number of hydrogen-bond acceptors (Lipinski definition) is 3. The summed E-state index contributed by atoms with van der Waals surface area (Å²) < 4.78 is 12.2. The first kappa shape index (κ1) is 31.3. The Morgan fingerprint density at radius 3 is 2.17 bits per heavy atom. The summed E-state index contributed by atoms with van der Waals surface area (Å²) in [6.45, 7) is 18.5. The molecule has 0 aromatic heterocycles. The van der Waals surface area contributed by atoms with Crippen molar-refractivity contribution >= 4 is 29.2 Å². The van der Waals surface area contributed by atoms with E-state index in [4.69, 9.17) is 32.7 Å². The SMILES string of the molecule is CC(=O)Oc1c(C)c(C)c2c(c1C)CCC(C)(CCCC(C)(Cl)CCCC(C)CCCC(C)(C)Cl)O2. The normalized spacial score (nSPS) is 20.3. The number of hydrogen-bond donors (Lipinski definition) is 0. The highest BCUT2D eigenvalue weighted by Crippen LogP contribution is 2.45. The summed E-state index contributed by atoms with van der Waals surface area (Å²) in [5.74, 6) is 2.12. The number of halogens is 2. The van der Waals surface area contributed by atoms with Gasteiger partial charge in [0.05, 0.1) is 0 Å². The third-order valence-corrected chi connectivity index (χ3v) is 8.64. The average Bonchev–Trinajstić information content (AvgIpc) is 2.73. The van der Waals surface area contributed by atoms with Crippen molar-refractivity contribution in [2.24, 2.45) is 5.92 Å². The van der Waals surface area contributed by atoms with Gasteiger partial charge in [-0.25, -0.2) is 0 Å². The van der Waals surface area contributed by atoms with Gasteiger partial charge in [0.1, 0.15) is 17.1 Å². The van der Waals surface area contributed by atoms with E-state index < -0.39 is 0 Å². The van der Waals surface area contributed by atoms with Crippen LogP contribution in [0.1, 0.15) is 128 Å². The van der Waals surface area contributed by atoms with Gasteiger partial charge in [0, 0.05) is 22.2 Å². The van der Waals surface area contributed by atoms with Crippen LogP contribution in [0.5, 0.6) is 11.5 Å². The molecule has 0 fully saturated rings. The van der Waals surface area contributed by atoms with E-state index in [1.807, 2.05) is 13.8 Å². The molecule has 3 unspecified atom stereocenters. The number of ether oxygens (including phenoxy) is 2. The van der Waals surface area contributed by atoms with Crippen LogP contribution in [-0.4, -0.2) is 21.3 Å². The zero-order valence-corrected chi connectivity index (χ0v) is 25.8. The number of alkyl halides is 2. The van der Waals surface area contributed by atoms with Gasteiger partial charge in [-0.2, -0.15) is 0 Å². The monoisotopic (exact) mass is 540 g/mol. The summed E-state index contributed by atoms with van der Waals surface area (Å²) >= 11 is 13.3. The van der Waals surface area contributed by atoms with Crippen LogP contribution in [0, 0.1) is 26.7 Å². The molecule has 36 heavy (non-hydrogen) atoms. The van der Waals surface area contributed by atoms with E-state index in [-0.39, 0.29) is 21.3 Å². The molecular formula is C31H50Cl2O3. The van der Waals surface area contributed by atoms with Crippen molar-refractivity contribution in [3.8, 4) is 11.5 Å². The highest BCUT2D eigenvalue weighted by Gasteiger charge is 2.35. The molecule has 0 radical (unpaired) electrons. The predicted molar refractivity (Wildman–Crippen MR) is 154 cm³/mol. The Morgan fingerprint density at radius 2 is 1.58 bits per heavy atom. The summed E-state index contributed by atoms with van der Waals surface area (Å²) in [4.78, 5) is 11.4. The molecule has 1 aromatic rings. The number of carbonyl (C=O) groups excluding carboxylic acids is 1. The van der Waals surface area contributed by atoms with Gasteiger partial charge in [0.25, 0.3) is 0 Å². The van der Waals surface area contributed by atoms with E-state index in [0.29, 0.717) is 5.75 Å². The van der Waals surface area contributed by atoms with Gasteiger partial charge in [-0.1, -0.05) is 32.6 Å². The van der Waals surface area contributed by atoms with Gasteiger partial charge >= 0.3 is 5.97 Å². The first-order valence-electron chi connectivity index (χ1n) is 13.9. The van der Waals surface area contributed by atoms with Crippen LogP contribution in [0.15, 0.2) is 0 Å². The lowest BCUT2D eigenvalue weighted by molar-refractivity contribution is -0.132. The molecule has 0 N–H and O–H groups in total. The van der Waals surface area contributed by atoms with Gasteiger partial charge < -0.3 is 9.47 Å². The van der Waals surface area contributed by atoms with Crippen LogP contribution in [0.25, 0.3) is 0 Å². The largest absolute Gasteiger partial charge is 0.487 e. The highest BCUT2D eigenvalue weighted by atomic mass is 35.5. The molecule has 206 valence electrons. The topological polar surface area (TPSA) is 35.5 Å². The Hall–Kier alpha value is -0.930. The number of esters is 1. The summed E-state index contributed by atoms with van der Waals surface area (Å²) in [7, 11) is 0. The van der Waals surface area contributed by atoms with E-state index in [0.717, 1.165) is 73.3 Å². The number of benzene rings is 1. The Balaban J connectivity index is 1.86. The van der Waals surface area contributed by atoms with Gasteiger partial charge in [-0.3, -0.25) is 4.79 Å². The molecule has 1 aliphatic rings. The van der Waals surface area contributed by atoms with Gasteiger partial charge in [-0.15, -0.1) is 23.2 Å². The fourth-order valence-corrected chi connectivity index (χ4v) is 5.95. The molecular weight excluding hydrogens is 491 g/mol. The molecule has 0 amide bonds. The third-order valence-electron chi connectivity index (χ3n) is 8.08. The van der Waals surface area contributed by atoms with Crippen molar-refractivity contribution < 1.29 is 14.3 Å². The minimum Gasteiger partial charge on any atom is -0.487 e. The minimum atomic E-state index is -0.281. The molecule has 2 rings (SSSR count). The summed E-state index contributed by atoms with van der Waals surface area (Å²) in [5.41, 5.74) is 4.07. The Labute approximate surface area is 231 Å². The Kier molecular flexibility index (Phi) is 11.1. The van der Waals surface area contributed by atoms with E-state index in [1.54, 1.807) is 0 Å². The predicted octanol–water partition coefficient (Wildman–Crippen LogP) is 9.78. The van der Waals surface area contributed by atoms with Crippen LogP contribution in [-0.2, 0) is 11.2 Å². The average molecular weight is 542 g/mol. The second-order valence-electron chi connectivity index (χ2n) is 12.5. The second kappa shape index (κ2) is 12.7. The standard InChI is InChI=1S/C31H50Cl2O3/c1-21(13-10-16-29(6,7)32)14-11-17-30(8,33)18-12-19-31(9)20-15-26-24(4)27(35-25(5)34)22(2)23(3)28(26)36-31/h21H,10-20H2,1-9H3. The van der Waals surface area contributed by atoms with Crippen LogP contribution in [0.3, 0.4) is 0 Å². The van der Waals surface area contributed by atoms with Crippen LogP contribution < -0.4 is 9.47 Å². The maximum Gasteiger partial charge on any atom is 0.308 e. The third kappa shape index (κ3) is 9.43. The van der Waals surface area contributed by atoms with Crippen molar-refractivity contribution in [1.29, 1.82) is 0 Å². The number of fused-ring (bicyclic) bond motifs is 1. The highest BCUT2D eigenvalue weighted by molar-refractivity contribution is 6.23. The molecule has 3 atom stereocenters. The maximum absolute atomic E-state index is 11.6. The zero-order chi connectivity index (χ0) is 27.3. The minimum absolute atomic E-state index is 0.0849. The maximum atomic E-state index is 11.6. The smallest absolute Gasteiger partial charge is 0.308 e. The van der Waals surface area contributed by atoms with Crippen molar-refractivity contribution in [1.82, 2.24) is 0 Å². The number of rotatable bonds is 13.